The average molecular weight is 248 g/mol. The Hall–Kier alpha value is -1.99. The van der Waals surface area contributed by atoms with Crippen LogP contribution in [-0.2, 0) is 11.3 Å². The first-order valence-electron chi connectivity index (χ1n) is 5.67. The highest BCUT2D eigenvalue weighted by atomic mass is 16.5. The highest BCUT2D eigenvalue weighted by Crippen LogP contribution is 2.11. The number of nitrogen functional groups attached to an aromatic ring is 1. The van der Waals surface area contributed by atoms with Crippen LogP contribution in [-0.4, -0.2) is 26.4 Å². The van der Waals surface area contributed by atoms with E-state index in [0.29, 0.717) is 30.7 Å². The number of hydrazine groups is 1. The molecule has 2 heterocycles. The van der Waals surface area contributed by atoms with Gasteiger partial charge < -0.3 is 10.2 Å². The van der Waals surface area contributed by atoms with Crippen LogP contribution in [0.3, 0.4) is 0 Å². The summed E-state index contributed by atoms with van der Waals surface area (Å²) in [5.74, 6) is 7.14. The molecule has 7 nitrogen and oxygen atoms in total. The molecule has 0 aromatic carbocycles. The van der Waals surface area contributed by atoms with Crippen LogP contribution in [0.4, 0.5) is 5.82 Å². The molecule has 7 heteroatoms. The molecular formula is C11H16N6O. The quantitative estimate of drug-likeness (QED) is 0.600. The van der Waals surface area contributed by atoms with E-state index in [1.165, 1.54) is 0 Å². The molecule has 3 N–H and O–H groups in total. The smallest absolute Gasteiger partial charge is 0.159 e. The van der Waals surface area contributed by atoms with Gasteiger partial charge in [0.15, 0.2) is 11.6 Å². The Morgan fingerprint density at radius 3 is 2.89 bits per heavy atom. The molecular weight excluding hydrogens is 232 g/mol. The molecule has 0 saturated carbocycles. The van der Waals surface area contributed by atoms with Crippen molar-refractivity contribution in [1.82, 2.24) is 19.7 Å². The topological polar surface area (TPSA) is 90.9 Å². The minimum Gasteiger partial charge on any atom is -0.374 e. The summed E-state index contributed by atoms with van der Waals surface area (Å²) < 4.78 is 6.97. The lowest BCUT2D eigenvalue weighted by Crippen LogP contribution is -2.13. The number of aromatic nitrogens is 4. The van der Waals surface area contributed by atoms with Crippen LogP contribution in [0.25, 0.3) is 5.82 Å². The SMILES string of the molecule is CCOCc1nc(NN)cc(-n2cc(C)cn2)n1. The number of rotatable bonds is 5. The van der Waals surface area contributed by atoms with Crippen molar-refractivity contribution in [3.8, 4) is 5.82 Å². The van der Waals surface area contributed by atoms with Gasteiger partial charge >= 0.3 is 0 Å². The third-order valence-electron chi connectivity index (χ3n) is 2.29. The predicted molar refractivity (Wildman–Crippen MR) is 67.0 cm³/mol. The van der Waals surface area contributed by atoms with E-state index in [9.17, 15) is 0 Å². The Kier molecular flexibility index (Phi) is 3.85. The number of hydrogen-bond acceptors (Lipinski definition) is 6. The average Bonchev–Trinajstić information content (AvgIpc) is 2.82. The minimum absolute atomic E-state index is 0.346. The van der Waals surface area contributed by atoms with Gasteiger partial charge in [0.1, 0.15) is 12.4 Å². The number of hydrogen-bond donors (Lipinski definition) is 2. The third kappa shape index (κ3) is 2.82. The molecule has 2 rings (SSSR count). The fraction of sp³-hybridized carbons (Fsp3) is 0.364. The Bertz CT molecular complexity index is 524. The largest absolute Gasteiger partial charge is 0.374 e. The highest BCUT2D eigenvalue weighted by molar-refractivity contribution is 5.40. The van der Waals surface area contributed by atoms with E-state index in [2.05, 4.69) is 20.5 Å². The lowest BCUT2D eigenvalue weighted by atomic mass is 10.4. The van der Waals surface area contributed by atoms with Crippen molar-refractivity contribution in [1.29, 1.82) is 0 Å². The van der Waals surface area contributed by atoms with Crippen LogP contribution in [0.15, 0.2) is 18.5 Å². The van der Waals surface area contributed by atoms with E-state index in [0.717, 1.165) is 5.56 Å². The van der Waals surface area contributed by atoms with Gasteiger partial charge in [-0.1, -0.05) is 0 Å². The maximum atomic E-state index is 5.39. The summed E-state index contributed by atoms with van der Waals surface area (Å²) in [5.41, 5.74) is 3.57. The van der Waals surface area contributed by atoms with Gasteiger partial charge in [0, 0.05) is 18.9 Å². The van der Waals surface area contributed by atoms with E-state index < -0.39 is 0 Å². The summed E-state index contributed by atoms with van der Waals surface area (Å²) in [6.07, 6.45) is 3.65. The number of nitrogens with two attached hydrogens (primary N) is 1. The molecule has 0 radical (unpaired) electrons. The van der Waals surface area contributed by atoms with E-state index in [1.807, 2.05) is 20.0 Å². The second-order valence-corrected chi connectivity index (χ2v) is 3.77. The van der Waals surface area contributed by atoms with Gasteiger partial charge in [-0.2, -0.15) is 5.10 Å². The van der Waals surface area contributed by atoms with E-state index in [1.54, 1.807) is 16.9 Å². The molecule has 0 aliphatic heterocycles. The van der Waals surface area contributed by atoms with Crippen molar-refractivity contribution in [3.63, 3.8) is 0 Å². The summed E-state index contributed by atoms with van der Waals surface area (Å²) in [4.78, 5) is 8.58. The van der Waals surface area contributed by atoms with Crippen molar-refractivity contribution in [2.75, 3.05) is 12.0 Å². The molecule has 18 heavy (non-hydrogen) atoms. The molecule has 0 spiro atoms. The summed E-state index contributed by atoms with van der Waals surface area (Å²) in [5, 5.41) is 4.20. The lowest BCUT2D eigenvalue weighted by Gasteiger charge is -2.07. The van der Waals surface area contributed by atoms with Crippen LogP contribution in [0.5, 0.6) is 0 Å². The Morgan fingerprint density at radius 1 is 1.44 bits per heavy atom. The molecule has 0 bridgehead atoms. The molecule has 2 aromatic rings. The minimum atomic E-state index is 0.346. The normalized spacial score (nSPS) is 10.6. The van der Waals surface area contributed by atoms with Crippen LogP contribution in [0, 0.1) is 6.92 Å². The molecule has 2 aromatic heterocycles. The molecule has 0 aliphatic rings. The van der Waals surface area contributed by atoms with E-state index in [-0.39, 0.29) is 0 Å². The van der Waals surface area contributed by atoms with Crippen LogP contribution in [0.1, 0.15) is 18.3 Å². The van der Waals surface area contributed by atoms with E-state index >= 15 is 0 Å². The van der Waals surface area contributed by atoms with Crippen LogP contribution in [0.2, 0.25) is 0 Å². The number of aryl methyl sites for hydroxylation is 1. The fourth-order valence-corrected chi connectivity index (χ4v) is 1.47. The summed E-state index contributed by atoms with van der Waals surface area (Å²) in [7, 11) is 0. The molecule has 0 saturated heterocycles. The van der Waals surface area contributed by atoms with E-state index in [4.69, 9.17) is 10.6 Å². The van der Waals surface area contributed by atoms with Crippen molar-refractivity contribution in [2.45, 2.75) is 20.5 Å². The van der Waals surface area contributed by atoms with Gasteiger partial charge in [0.2, 0.25) is 0 Å². The molecule has 0 amide bonds. The lowest BCUT2D eigenvalue weighted by molar-refractivity contribution is 0.128. The molecule has 0 fully saturated rings. The van der Waals surface area contributed by atoms with Crippen molar-refractivity contribution < 1.29 is 4.74 Å². The summed E-state index contributed by atoms with van der Waals surface area (Å²) in [6, 6.07) is 1.72. The Balaban J connectivity index is 2.34. The van der Waals surface area contributed by atoms with Crippen LogP contribution >= 0.6 is 0 Å². The standard InChI is InChI=1S/C11H16N6O/c1-3-18-7-10-14-9(16-12)4-11(15-10)17-6-8(2)5-13-17/h4-6H,3,7,12H2,1-2H3,(H,14,15,16). The molecule has 0 unspecified atom stereocenters. The second-order valence-electron chi connectivity index (χ2n) is 3.77. The van der Waals surface area contributed by atoms with Gasteiger partial charge in [0.05, 0.1) is 6.20 Å². The van der Waals surface area contributed by atoms with Crippen molar-refractivity contribution in [2.24, 2.45) is 5.84 Å². The molecule has 0 aliphatic carbocycles. The first-order valence-corrected chi connectivity index (χ1v) is 5.67. The monoisotopic (exact) mass is 248 g/mol. The highest BCUT2D eigenvalue weighted by Gasteiger charge is 2.06. The summed E-state index contributed by atoms with van der Waals surface area (Å²) >= 11 is 0. The number of nitrogens with one attached hydrogen (secondary N) is 1. The first kappa shape index (κ1) is 12.5. The van der Waals surface area contributed by atoms with Crippen molar-refractivity contribution in [3.05, 3.63) is 29.8 Å². The van der Waals surface area contributed by atoms with Gasteiger partial charge in [-0.15, -0.1) is 0 Å². The fourth-order valence-electron chi connectivity index (χ4n) is 1.47. The maximum absolute atomic E-state index is 5.39. The van der Waals surface area contributed by atoms with Crippen LogP contribution < -0.4 is 11.3 Å². The molecule has 96 valence electrons. The maximum Gasteiger partial charge on any atom is 0.159 e. The third-order valence-corrected chi connectivity index (χ3v) is 2.29. The second kappa shape index (κ2) is 5.56. The first-order chi connectivity index (χ1) is 8.72. The Morgan fingerprint density at radius 2 is 2.28 bits per heavy atom. The predicted octanol–water partition coefficient (Wildman–Crippen LogP) is 0.793. The van der Waals surface area contributed by atoms with Gasteiger partial charge in [-0.25, -0.2) is 20.5 Å². The van der Waals surface area contributed by atoms with Gasteiger partial charge in [0.25, 0.3) is 0 Å². The zero-order valence-electron chi connectivity index (χ0n) is 10.4. The van der Waals surface area contributed by atoms with Gasteiger partial charge in [-0.3, -0.25) is 0 Å². The summed E-state index contributed by atoms with van der Waals surface area (Å²) in [6.45, 7) is 4.84. The van der Waals surface area contributed by atoms with Crippen molar-refractivity contribution >= 4 is 5.82 Å². The number of ether oxygens (including phenoxy) is 1. The molecule has 0 atom stereocenters. The zero-order chi connectivity index (χ0) is 13.0. The van der Waals surface area contributed by atoms with Gasteiger partial charge in [-0.05, 0) is 19.4 Å². The number of anilines is 1. The number of nitrogens with zero attached hydrogens (tertiary/aromatic N) is 4. The zero-order valence-corrected chi connectivity index (χ0v) is 10.4. The Labute approximate surface area is 105 Å².